The molecule has 0 N–H and O–H groups in total. The lowest BCUT2D eigenvalue weighted by Gasteiger charge is -2.10. The molecule has 0 saturated carbocycles. The zero-order chi connectivity index (χ0) is 15.5. The van der Waals surface area contributed by atoms with E-state index in [2.05, 4.69) is 9.72 Å². The quantitative estimate of drug-likeness (QED) is 0.836. The summed E-state index contributed by atoms with van der Waals surface area (Å²) in [6.45, 7) is -0.587. The molecule has 21 heavy (non-hydrogen) atoms. The normalized spacial score (nSPS) is 19.1. The van der Waals surface area contributed by atoms with Crippen molar-refractivity contribution >= 4 is 17.7 Å². The molecule has 0 aliphatic carbocycles. The van der Waals surface area contributed by atoms with Gasteiger partial charge in [0.15, 0.2) is 6.61 Å². The first-order chi connectivity index (χ1) is 9.85. The van der Waals surface area contributed by atoms with Crippen molar-refractivity contribution in [2.75, 3.05) is 20.2 Å². The first kappa shape index (κ1) is 15.9. The van der Waals surface area contributed by atoms with Gasteiger partial charge in [-0.2, -0.15) is 13.2 Å². The Hall–Kier alpha value is -1.44. The van der Waals surface area contributed by atoms with Crippen molar-refractivity contribution in [3.05, 3.63) is 23.9 Å². The summed E-state index contributed by atoms with van der Waals surface area (Å²) in [6.07, 6.45) is -2.08. The van der Waals surface area contributed by atoms with Gasteiger partial charge in [-0.05, 0) is 12.0 Å². The van der Waals surface area contributed by atoms with Crippen LogP contribution in [0.4, 0.5) is 13.2 Å². The van der Waals surface area contributed by atoms with Gasteiger partial charge in [0.05, 0.1) is 5.25 Å². The summed E-state index contributed by atoms with van der Waals surface area (Å²) < 4.78 is 40.5. The predicted octanol–water partition coefficient (Wildman–Crippen LogP) is 2.49. The average molecular weight is 320 g/mol. The highest BCUT2D eigenvalue weighted by molar-refractivity contribution is 7.99. The highest BCUT2D eigenvalue weighted by atomic mass is 32.2. The second kappa shape index (κ2) is 6.55. The van der Waals surface area contributed by atoms with E-state index < -0.39 is 12.8 Å². The monoisotopic (exact) mass is 320 g/mol. The van der Waals surface area contributed by atoms with Gasteiger partial charge < -0.3 is 9.64 Å². The molecule has 1 aromatic heterocycles. The van der Waals surface area contributed by atoms with Crippen molar-refractivity contribution in [1.82, 2.24) is 9.88 Å². The van der Waals surface area contributed by atoms with Crippen LogP contribution >= 0.6 is 11.8 Å². The number of alkyl halides is 3. The molecule has 4 nitrogen and oxygen atoms in total. The number of thioether (sulfide) groups is 1. The van der Waals surface area contributed by atoms with E-state index >= 15 is 0 Å². The summed E-state index contributed by atoms with van der Waals surface area (Å²) in [5.41, 5.74) is 0.849. The lowest BCUT2D eigenvalue weighted by atomic mass is 10.3. The van der Waals surface area contributed by atoms with Crippen molar-refractivity contribution in [2.45, 2.75) is 23.6 Å². The molecular weight excluding hydrogens is 305 g/mol. The van der Waals surface area contributed by atoms with Crippen LogP contribution in [0.1, 0.15) is 12.0 Å². The maximum absolute atomic E-state index is 12.0. The number of amides is 1. The van der Waals surface area contributed by atoms with Crippen LogP contribution in [0.2, 0.25) is 0 Å². The zero-order valence-corrected chi connectivity index (χ0v) is 12.2. The van der Waals surface area contributed by atoms with E-state index in [9.17, 15) is 18.0 Å². The topological polar surface area (TPSA) is 42.4 Å². The molecule has 0 radical (unpaired) electrons. The second-order valence-electron chi connectivity index (χ2n) is 4.76. The van der Waals surface area contributed by atoms with Gasteiger partial charge in [0.1, 0.15) is 0 Å². The number of rotatable bonds is 5. The average Bonchev–Trinajstić information content (AvgIpc) is 2.75. The van der Waals surface area contributed by atoms with Crippen molar-refractivity contribution in [2.24, 2.45) is 0 Å². The van der Waals surface area contributed by atoms with E-state index in [0.717, 1.165) is 18.5 Å². The smallest absolute Gasteiger partial charge is 0.422 e. The highest BCUT2D eigenvalue weighted by Gasteiger charge is 2.29. The van der Waals surface area contributed by atoms with Gasteiger partial charge in [-0.1, -0.05) is 6.07 Å². The summed E-state index contributed by atoms with van der Waals surface area (Å²) in [5.74, 6) is 0.660. The fraction of sp³-hybridized carbons (Fsp3) is 0.538. The van der Waals surface area contributed by atoms with Gasteiger partial charge in [-0.25, -0.2) is 4.98 Å². The molecule has 0 bridgehead atoms. The maximum atomic E-state index is 12.0. The number of ether oxygens (including phenoxy) is 1. The summed E-state index contributed by atoms with van der Waals surface area (Å²) in [6, 6.07) is 3.07. The second-order valence-corrected chi connectivity index (χ2v) is 5.95. The number of likely N-dealkylation sites (tertiary alicyclic amines) is 1. The lowest BCUT2D eigenvalue weighted by Crippen LogP contribution is -2.23. The van der Waals surface area contributed by atoms with Gasteiger partial charge in [0, 0.05) is 31.6 Å². The number of halogens is 3. The Kier molecular flexibility index (Phi) is 4.97. The number of pyridine rings is 1. The van der Waals surface area contributed by atoms with Gasteiger partial charge in [-0.3, -0.25) is 4.79 Å². The number of carbonyl (C=O) groups is 1. The molecule has 1 aliphatic rings. The third kappa shape index (κ3) is 4.80. The molecule has 1 amide bonds. The molecule has 0 aromatic carbocycles. The Morgan fingerprint density at radius 2 is 2.24 bits per heavy atom. The van der Waals surface area contributed by atoms with Crippen LogP contribution in [-0.2, 0) is 10.5 Å². The van der Waals surface area contributed by atoms with Crippen LogP contribution in [0.3, 0.4) is 0 Å². The molecule has 1 saturated heterocycles. The fourth-order valence-corrected chi connectivity index (χ4v) is 3.04. The SMILES string of the molecule is CN1CCC(SCc2ccc(OCC(F)(F)F)nc2)C1=O. The standard InChI is InChI=1S/C13H15F3N2O2S/c1-18-5-4-10(12(18)19)21-7-9-2-3-11(17-6-9)20-8-13(14,15)16/h2-3,6,10H,4-5,7-8H2,1H3. The largest absolute Gasteiger partial charge is 0.468 e. The van der Waals surface area contributed by atoms with Gasteiger partial charge in [0.2, 0.25) is 11.8 Å². The Labute approximate surface area is 124 Å². The van der Waals surface area contributed by atoms with E-state index in [4.69, 9.17) is 0 Å². The highest BCUT2D eigenvalue weighted by Crippen LogP contribution is 2.26. The first-order valence-corrected chi connectivity index (χ1v) is 7.41. The molecule has 8 heteroatoms. The minimum absolute atomic E-state index is 0.0452. The van der Waals surface area contributed by atoms with E-state index in [1.165, 1.54) is 24.0 Å². The van der Waals surface area contributed by atoms with Crippen LogP contribution < -0.4 is 4.74 Å². The third-order valence-electron chi connectivity index (χ3n) is 3.01. The van der Waals surface area contributed by atoms with Crippen LogP contribution in [0.15, 0.2) is 18.3 Å². The van der Waals surface area contributed by atoms with Crippen molar-refractivity contribution in [3.8, 4) is 5.88 Å². The molecule has 1 aromatic rings. The molecule has 1 aliphatic heterocycles. The van der Waals surface area contributed by atoms with Gasteiger partial charge >= 0.3 is 6.18 Å². The van der Waals surface area contributed by atoms with Crippen LogP contribution in [0.25, 0.3) is 0 Å². The minimum atomic E-state index is -4.37. The Morgan fingerprint density at radius 3 is 2.76 bits per heavy atom. The van der Waals surface area contributed by atoms with E-state index in [0.29, 0.717) is 5.75 Å². The van der Waals surface area contributed by atoms with Crippen molar-refractivity contribution in [1.29, 1.82) is 0 Å². The van der Waals surface area contributed by atoms with Crippen molar-refractivity contribution < 1.29 is 22.7 Å². The van der Waals surface area contributed by atoms with E-state index in [-0.39, 0.29) is 17.0 Å². The molecule has 2 rings (SSSR count). The molecule has 1 atom stereocenters. The summed E-state index contributed by atoms with van der Waals surface area (Å²) in [7, 11) is 1.78. The summed E-state index contributed by atoms with van der Waals surface area (Å²) >= 11 is 1.52. The lowest BCUT2D eigenvalue weighted by molar-refractivity contribution is -0.154. The molecule has 1 unspecified atom stereocenters. The Balaban J connectivity index is 1.81. The summed E-state index contributed by atoms with van der Waals surface area (Å²) in [4.78, 5) is 17.3. The predicted molar refractivity (Wildman–Crippen MR) is 73.1 cm³/mol. The molecular formula is C13H15F3N2O2S. The molecule has 2 heterocycles. The number of nitrogens with zero attached hydrogens (tertiary/aromatic N) is 2. The number of aromatic nitrogens is 1. The molecule has 116 valence electrons. The van der Waals surface area contributed by atoms with E-state index in [1.54, 1.807) is 18.0 Å². The van der Waals surface area contributed by atoms with Crippen molar-refractivity contribution in [3.63, 3.8) is 0 Å². The van der Waals surface area contributed by atoms with E-state index in [1.807, 2.05) is 0 Å². The number of carbonyl (C=O) groups excluding carboxylic acids is 1. The van der Waals surface area contributed by atoms with Crippen LogP contribution in [-0.4, -0.2) is 47.4 Å². The Bertz CT molecular complexity index is 493. The van der Waals surface area contributed by atoms with Crippen LogP contribution in [0.5, 0.6) is 5.88 Å². The molecule has 0 spiro atoms. The van der Waals surface area contributed by atoms with Crippen LogP contribution in [0, 0.1) is 0 Å². The third-order valence-corrected chi connectivity index (χ3v) is 4.35. The molecule has 1 fully saturated rings. The summed E-state index contributed by atoms with van der Waals surface area (Å²) in [5, 5.41) is -0.0452. The maximum Gasteiger partial charge on any atom is 0.422 e. The van der Waals surface area contributed by atoms with Gasteiger partial charge in [-0.15, -0.1) is 11.8 Å². The fourth-order valence-electron chi connectivity index (χ4n) is 1.88. The minimum Gasteiger partial charge on any atom is -0.468 e. The Morgan fingerprint density at radius 1 is 1.48 bits per heavy atom. The zero-order valence-electron chi connectivity index (χ0n) is 11.4. The number of hydrogen-bond acceptors (Lipinski definition) is 4. The van der Waals surface area contributed by atoms with Gasteiger partial charge in [0.25, 0.3) is 0 Å². The first-order valence-electron chi connectivity index (χ1n) is 6.36. The number of hydrogen-bond donors (Lipinski definition) is 0.